The molecule has 0 radical (unpaired) electrons. The number of carbonyl (C=O) groups is 1. The van der Waals surface area contributed by atoms with E-state index in [2.05, 4.69) is 26.3 Å². The highest BCUT2D eigenvalue weighted by Gasteiger charge is 2.11. The minimum absolute atomic E-state index is 0.251. The van der Waals surface area contributed by atoms with Gasteiger partial charge in [-0.2, -0.15) is 0 Å². The second-order valence-corrected chi connectivity index (χ2v) is 6.79. The lowest BCUT2D eigenvalue weighted by Gasteiger charge is -2.07. The number of carbonyl (C=O) groups excluding carboxylic acids is 1. The number of anilines is 1. The number of pyridine rings is 1. The molecule has 1 amide bonds. The molecule has 4 rings (SSSR count). The van der Waals surface area contributed by atoms with Gasteiger partial charge in [0.05, 0.1) is 23.2 Å². The highest BCUT2D eigenvalue weighted by Crippen LogP contribution is 2.25. The van der Waals surface area contributed by atoms with Gasteiger partial charge in [-0.25, -0.2) is 15.0 Å². The van der Waals surface area contributed by atoms with Crippen molar-refractivity contribution >= 4 is 33.8 Å². The van der Waals surface area contributed by atoms with Crippen molar-refractivity contribution in [1.29, 1.82) is 0 Å². The van der Waals surface area contributed by atoms with Gasteiger partial charge < -0.3 is 9.88 Å². The number of hydrogen-bond acceptors (Lipinski definition) is 5. The Morgan fingerprint density at radius 3 is 2.80 bits per heavy atom. The zero-order chi connectivity index (χ0) is 17.4. The smallest absolute Gasteiger partial charge is 0.276 e. The van der Waals surface area contributed by atoms with Gasteiger partial charge >= 0.3 is 0 Å². The zero-order valence-corrected chi connectivity index (χ0v) is 14.5. The van der Waals surface area contributed by atoms with Crippen molar-refractivity contribution in [3.63, 3.8) is 0 Å². The number of nitrogens with one attached hydrogen (secondary N) is 1. The lowest BCUT2D eigenvalue weighted by Crippen LogP contribution is -2.13. The van der Waals surface area contributed by atoms with E-state index in [4.69, 9.17) is 0 Å². The average Bonchev–Trinajstić information content (AvgIpc) is 3.22. The minimum Gasteiger partial charge on any atom is -0.334 e. The summed E-state index contributed by atoms with van der Waals surface area (Å²) in [5, 5.41) is 7.41. The van der Waals surface area contributed by atoms with Gasteiger partial charge in [0.1, 0.15) is 11.5 Å². The molecular weight excluding hydrogens is 334 g/mol. The van der Waals surface area contributed by atoms with Gasteiger partial charge in [-0.15, -0.1) is 11.3 Å². The second kappa shape index (κ2) is 6.10. The number of nitrogens with zero attached hydrogens (tertiary/aromatic N) is 4. The predicted octanol–water partition coefficient (Wildman–Crippen LogP) is 3.65. The molecule has 1 aromatic carbocycles. The van der Waals surface area contributed by atoms with Crippen molar-refractivity contribution < 1.29 is 4.79 Å². The Morgan fingerprint density at radius 1 is 1.20 bits per heavy atom. The maximum absolute atomic E-state index is 12.2. The number of aromatic nitrogens is 4. The van der Waals surface area contributed by atoms with E-state index in [1.54, 1.807) is 17.9 Å². The first kappa shape index (κ1) is 15.5. The van der Waals surface area contributed by atoms with Crippen LogP contribution in [-0.4, -0.2) is 25.4 Å². The molecule has 0 fully saturated rings. The Morgan fingerprint density at radius 2 is 2.08 bits per heavy atom. The van der Waals surface area contributed by atoms with Crippen LogP contribution in [0, 0.1) is 6.92 Å². The summed E-state index contributed by atoms with van der Waals surface area (Å²) in [5.41, 5.74) is 2.50. The molecule has 4 aromatic rings. The Labute approximate surface area is 148 Å². The van der Waals surface area contributed by atoms with E-state index in [0.29, 0.717) is 11.5 Å². The van der Waals surface area contributed by atoms with Crippen molar-refractivity contribution in [2.45, 2.75) is 6.92 Å². The van der Waals surface area contributed by atoms with Crippen LogP contribution in [0.4, 0.5) is 5.82 Å². The fraction of sp³-hybridized carbons (Fsp3) is 0.111. The molecule has 0 unspecified atom stereocenters. The maximum Gasteiger partial charge on any atom is 0.276 e. The van der Waals surface area contributed by atoms with Gasteiger partial charge in [0.25, 0.3) is 5.91 Å². The Balaban J connectivity index is 1.67. The summed E-state index contributed by atoms with van der Waals surface area (Å²) in [7, 11) is 1.96. The number of thiazole rings is 1. The number of hydrogen-bond donors (Lipinski definition) is 1. The number of rotatable bonds is 3. The van der Waals surface area contributed by atoms with Crippen LogP contribution in [0.1, 0.15) is 15.5 Å². The summed E-state index contributed by atoms with van der Waals surface area (Å²) < 4.78 is 1.97. The quantitative estimate of drug-likeness (QED) is 0.613. The standard InChI is InChI=1S/C18H15N5OS/c1-11-21-15(9-25-11)18(24)22-17-6-14-5-12(3-4-13(14)7-20-17)16-8-19-10-23(16)2/h3-10H,1-2H3,(H,20,22,24). The number of amides is 1. The molecule has 0 atom stereocenters. The molecule has 3 heterocycles. The largest absolute Gasteiger partial charge is 0.334 e. The molecule has 7 heteroatoms. The number of fused-ring (bicyclic) bond motifs is 1. The van der Waals surface area contributed by atoms with Crippen molar-refractivity contribution in [3.8, 4) is 11.3 Å². The molecule has 0 bridgehead atoms. The SMILES string of the molecule is Cc1nc(C(=O)Nc2cc3cc(-c4cncn4C)ccc3cn2)cs1. The van der Waals surface area contributed by atoms with Crippen LogP contribution in [0.15, 0.2) is 48.4 Å². The summed E-state index contributed by atoms with van der Waals surface area (Å²) in [4.78, 5) is 24.9. The van der Waals surface area contributed by atoms with E-state index in [1.165, 1.54) is 11.3 Å². The zero-order valence-electron chi connectivity index (χ0n) is 13.7. The summed E-state index contributed by atoms with van der Waals surface area (Å²) >= 11 is 1.45. The Bertz CT molecular complexity index is 1080. The maximum atomic E-state index is 12.2. The first-order valence-electron chi connectivity index (χ1n) is 7.70. The highest BCUT2D eigenvalue weighted by atomic mass is 32.1. The van der Waals surface area contributed by atoms with E-state index >= 15 is 0 Å². The summed E-state index contributed by atoms with van der Waals surface area (Å²) in [5.74, 6) is 0.254. The molecule has 0 aliphatic carbocycles. The minimum atomic E-state index is -0.251. The van der Waals surface area contributed by atoms with E-state index in [1.807, 2.05) is 42.9 Å². The van der Waals surface area contributed by atoms with Gasteiger partial charge in [-0.05, 0) is 24.4 Å². The summed E-state index contributed by atoms with van der Waals surface area (Å²) in [6.45, 7) is 1.87. The van der Waals surface area contributed by atoms with Crippen molar-refractivity contribution in [2.24, 2.45) is 7.05 Å². The summed E-state index contributed by atoms with van der Waals surface area (Å²) in [6, 6.07) is 7.99. The molecule has 0 saturated heterocycles. The van der Waals surface area contributed by atoms with E-state index in [9.17, 15) is 4.79 Å². The Hall–Kier alpha value is -3.06. The molecule has 25 heavy (non-hydrogen) atoms. The van der Waals surface area contributed by atoms with Crippen LogP contribution in [0.2, 0.25) is 0 Å². The molecule has 3 aromatic heterocycles. The molecule has 124 valence electrons. The van der Waals surface area contributed by atoms with Gasteiger partial charge in [0, 0.05) is 29.6 Å². The molecule has 0 aliphatic rings. The van der Waals surface area contributed by atoms with Gasteiger partial charge in [-0.3, -0.25) is 4.79 Å². The third-order valence-electron chi connectivity index (χ3n) is 3.93. The lowest BCUT2D eigenvalue weighted by atomic mass is 10.1. The molecule has 0 saturated carbocycles. The molecule has 0 spiro atoms. The Kier molecular flexibility index (Phi) is 3.77. The molecule has 1 N–H and O–H groups in total. The predicted molar refractivity (Wildman–Crippen MR) is 98.7 cm³/mol. The van der Waals surface area contributed by atoms with Crippen molar-refractivity contribution in [1.82, 2.24) is 19.5 Å². The van der Waals surface area contributed by atoms with E-state index in [-0.39, 0.29) is 5.91 Å². The highest BCUT2D eigenvalue weighted by molar-refractivity contribution is 7.09. The third kappa shape index (κ3) is 3.01. The van der Waals surface area contributed by atoms with E-state index in [0.717, 1.165) is 27.0 Å². The monoisotopic (exact) mass is 349 g/mol. The topological polar surface area (TPSA) is 72.7 Å². The fourth-order valence-corrected chi connectivity index (χ4v) is 3.25. The normalized spacial score (nSPS) is 11.0. The van der Waals surface area contributed by atoms with Crippen LogP contribution < -0.4 is 5.32 Å². The number of imidazole rings is 1. The number of benzene rings is 1. The first-order valence-corrected chi connectivity index (χ1v) is 8.58. The third-order valence-corrected chi connectivity index (χ3v) is 4.70. The van der Waals surface area contributed by atoms with Crippen LogP contribution >= 0.6 is 11.3 Å². The van der Waals surface area contributed by atoms with Crippen molar-refractivity contribution in [3.05, 3.63) is 59.1 Å². The molecule has 0 aliphatic heterocycles. The molecular formula is C18H15N5OS. The molecule has 6 nitrogen and oxygen atoms in total. The van der Waals surface area contributed by atoms with Crippen LogP contribution in [0.25, 0.3) is 22.0 Å². The fourth-order valence-electron chi connectivity index (χ4n) is 2.65. The van der Waals surface area contributed by atoms with Gasteiger partial charge in [-0.1, -0.05) is 12.1 Å². The lowest BCUT2D eigenvalue weighted by molar-refractivity contribution is 0.102. The van der Waals surface area contributed by atoms with Crippen molar-refractivity contribution in [2.75, 3.05) is 5.32 Å². The van der Waals surface area contributed by atoms with Crippen LogP contribution in [0.5, 0.6) is 0 Å². The number of aryl methyl sites for hydroxylation is 2. The van der Waals surface area contributed by atoms with Crippen LogP contribution in [-0.2, 0) is 7.05 Å². The van der Waals surface area contributed by atoms with E-state index < -0.39 is 0 Å². The second-order valence-electron chi connectivity index (χ2n) is 5.73. The van der Waals surface area contributed by atoms with Gasteiger partial charge in [0.2, 0.25) is 0 Å². The first-order chi connectivity index (χ1) is 12.1. The summed E-state index contributed by atoms with van der Waals surface area (Å²) in [6.07, 6.45) is 5.35. The average molecular weight is 349 g/mol. The van der Waals surface area contributed by atoms with Gasteiger partial charge in [0.15, 0.2) is 0 Å². The van der Waals surface area contributed by atoms with Crippen LogP contribution in [0.3, 0.4) is 0 Å².